The molecule has 19 heavy (non-hydrogen) atoms. The zero-order chi connectivity index (χ0) is 13.7. The molecule has 0 fully saturated rings. The molecule has 0 spiro atoms. The Hall–Kier alpha value is -1.72. The van der Waals surface area contributed by atoms with Gasteiger partial charge in [-0.1, -0.05) is 0 Å². The molecule has 0 aromatic heterocycles. The van der Waals surface area contributed by atoms with Crippen LogP contribution in [-0.4, -0.2) is 20.8 Å². The van der Waals surface area contributed by atoms with Crippen LogP contribution >= 0.6 is 0 Å². The average molecular weight is 264 g/mol. The van der Waals surface area contributed by atoms with E-state index in [-0.39, 0.29) is 6.04 Å². The van der Waals surface area contributed by atoms with Crippen LogP contribution in [0.25, 0.3) is 0 Å². The molecule has 1 aliphatic rings. The number of nitrogens with two attached hydrogens (primary N) is 1. The second kappa shape index (κ2) is 6.45. The minimum Gasteiger partial charge on any atom is -0.501 e. The summed E-state index contributed by atoms with van der Waals surface area (Å²) in [4.78, 5) is 0. The highest BCUT2D eigenvalue weighted by Crippen LogP contribution is 2.35. The van der Waals surface area contributed by atoms with Crippen LogP contribution in [0, 0.1) is 0 Å². The molecule has 1 heterocycles. The van der Waals surface area contributed by atoms with Gasteiger partial charge < -0.3 is 14.2 Å². The van der Waals surface area contributed by atoms with Gasteiger partial charge in [-0.05, 0) is 36.6 Å². The minimum absolute atomic E-state index is 0.134. The Kier molecular flexibility index (Phi) is 4.65. The highest BCUT2D eigenvalue weighted by Gasteiger charge is 2.21. The van der Waals surface area contributed by atoms with Crippen LogP contribution in [-0.2, 0) is 4.74 Å². The first-order chi connectivity index (χ1) is 9.30. The SMILES string of the molecule is COc1ccc(OC)c(C(NN)C2=COCCC2)c1. The van der Waals surface area contributed by atoms with Crippen LogP contribution in [0.5, 0.6) is 11.5 Å². The molecule has 0 aliphatic carbocycles. The molecule has 0 saturated heterocycles. The first kappa shape index (κ1) is 13.7. The van der Waals surface area contributed by atoms with Crippen LogP contribution in [0.1, 0.15) is 24.4 Å². The van der Waals surface area contributed by atoms with E-state index < -0.39 is 0 Å². The van der Waals surface area contributed by atoms with Crippen LogP contribution in [0.4, 0.5) is 0 Å². The van der Waals surface area contributed by atoms with Crippen molar-refractivity contribution in [1.29, 1.82) is 0 Å². The predicted molar refractivity (Wildman–Crippen MR) is 72.9 cm³/mol. The fraction of sp³-hybridized carbons (Fsp3) is 0.429. The zero-order valence-corrected chi connectivity index (χ0v) is 11.3. The van der Waals surface area contributed by atoms with Crippen molar-refractivity contribution in [3.05, 3.63) is 35.6 Å². The second-order valence-electron chi connectivity index (χ2n) is 4.37. The highest BCUT2D eigenvalue weighted by atomic mass is 16.5. The lowest BCUT2D eigenvalue weighted by atomic mass is 9.95. The number of nitrogens with one attached hydrogen (secondary N) is 1. The van der Waals surface area contributed by atoms with Crippen LogP contribution < -0.4 is 20.7 Å². The number of methoxy groups -OCH3 is 2. The van der Waals surface area contributed by atoms with Crippen LogP contribution in [0.15, 0.2) is 30.0 Å². The molecule has 0 radical (unpaired) electrons. The lowest BCUT2D eigenvalue weighted by molar-refractivity contribution is 0.219. The molecule has 1 aliphatic heterocycles. The molecule has 1 unspecified atom stereocenters. The Labute approximate surface area is 113 Å². The van der Waals surface area contributed by atoms with Gasteiger partial charge >= 0.3 is 0 Å². The molecule has 3 N–H and O–H groups in total. The Morgan fingerprint density at radius 1 is 1.32 bits per heavy atom. The molecule has 1 atom stereocenters. The van der Waals surface area contributed by atoms with Crippen molar-refractivity contribution in [1.82, 2.24) is 5.43 Å². The van der Waals surface area contributed by atoms with Gasteiger partial charge in [0.15, 0.2) is 0 Å². The Morgan fingerprint density at radius 3 is 2.74 bits per heavy atom. The first-order valence-corrected chi connectivity index (χ1v) is 6.28. The summed E-state index contributed by atoms with van der Waals surface area (Å²) in [6.07, 6.45) is 3.73. The maximum Gasteiger partial charge on any atom is 0.124 e. The Bertz CT molecular complexity index is 460. The van der Waals surface area contributed by atoms with Gasteiger partial charge in [-0.2, -0.15) is 0 Å². The van der Waals surface area contributed by atoms with Gasteiger partial charge in [-0.15, -0.1) is 0 Å². The second-order valence-corrected chi connectivity index (χ2v) is 4.37. The van der Waals surface area contributed by atoms with Gasteiger partial charge in [0.1, 0.15) is 11.5 Å². The number of ether oxygens (including phenoxy) is 3. The lowest BCUT2D eigenvalue weighted by Crippen LogP contribution is -2.30. The van der Waals surface area contributed by atoms with Gasteiger partial charge in [0.05, 0.1) is 33.1 Å². The summed E-state index contributed by atoms with van der Waals surface area (Å²) >= 11 is 0. The van der Waals surface area contributed by atoms with Crippen molar-refractivity contribution in [3.8, 4) is 11.5 Å². The van der Waals surface area contributed by atoms with E-state index in [1.54, 1.807) is 20.5 Å². The Morgan fingerprint density at radius 2 is 2.16 bits per heavy atom. The highest BCUT2D eigenvalue weighted by molar-refractivity contribution is 5.45. The van der Waals surface area contributed by atoms with Crippen molar-refractivity contribution in [2.24, 2.45) is 5.84 Å². The van der Waals surface area contributed by atoms with Gasteiger partial charge in [-0.3, -0.25) is 5.84 Å². The average Bonchev–Trinajstić information content (AvgIpc) is 2.49. The summed E-state index contributed by atoms with van der Waals surface area (Å²) in [6.45, 7) is 0.760. The summed E-state index contributed by atoms with van der Waals surface area (Å²) in [5.74, 6) is 7.25. The van der Waals surface area contributed by atoms with E-state index in [1.807, 2.05) is 18.2 Å². The van der Waals surface area contributed by atoms with Gasteiger partial charge in [0, 0.05) is 5.56 Å². The molecule has 1 aromatic carbocycles. The molecule has 5 heteroatoms. The topological polar surface area (TPSA) is 65.7 Å². The number of benzene rings is 1. The number of hydrogen-bond donors (Lipinski definition) is 2. The molecule has 104 valence electrons. The van der Waals surface area contributed by atoms with Crippen LogP contribution in [0.2, 0.25) is 0 Å². The zero-order valence-electron chi connectivity index (χ0n) is 11.3. The normalized spacial score (nSPS) is 16.3. The molecule has 0 bridgehead atoms. The molecule has 1 aromatic rings. The van der Waals surface area contributed by atoms with Crippen molar-refractivity contribution < 1.29 is 14.2 Å². The first-order valence-electron chi connectivity index (χ1n) is 6.28. The summed E-state index contributed by atoms with van der Waals surface area (Å²) < 4.78 is 16.0. The third-order valence-corrected chi connectivity index (χ3v) is 3.25. The molecular formula is C14H20N2O3. The molecule has 0 amide bonds. The van der Waals surface area contributed by atoms with Crippen molar-refractivity contribution in [2.75, 3.05) is 20.8 Å². The molecule has 0 saturated carbocycles. The fourth-order valence-corrected chi connectivity index (χ4v) is 2.26. The van der Waals surface area contributed by atoms with Crippen molar-refractivity contribution >= 4 is 0 Å². The molecule has 2 rings (SSSR count). The number of rotatable bonds is 5. The van der Waals surface area contributed by atoms with Gasteiger partial charge in [-0.25, -0.2) is 5.43 Å². The largest absolute Gasteiger partial charge is 0.501 e. The van der Waals surface area contributed by atoms with E-state index in [1.165, 1.54) is 0 Å². The Balaban J connectivity index is 2.38. The monoisotopic (exact) mass is 264 g/mol. The maximum absolute atomic E-state index is 5.71. The smallest absolute Gasteiger partial charge is 0.124 e. The van der Waals surface area contributed by atoms with E-state index in [0.29, 0.717) is 0 Å². The van der Waals surface area contributed by atoms with Crippen molar-refractivity contribution in [3.63, 3.8) is 0 Å². The van der Waals surface area contributed by atoms with E-state index in [0.717, 1.165) is 42.1 Å². The van der Waals surface area contributed by atoms with E-state index >= 15 is 0 Å². The van der Waals surface area contributed by atoms with Crippen LogP contribution in [0.3, 0.4) is 0 Å². The van der Waals surface area contributed by atoms with Gasteiger partial charge in [0.25, 0.3) is 0 Å². The quantitative estimate of drug-likeness (QED) is 0.628. The van der Waals surface area contributed by atoms with Crippen molar-refractivity contribution in [2.45, 2.75) is 18.9 Å². The minimum atomic E-state index is -0.134. The molecular weight excluding hydrogens is 244 g/mol. The third-order valence-electron chi connectivity index (χ3n) is 3.25. The van der Waals surface area contributed by atoms with E-state index in [2.05, 4.69) is 5.43 Å². The predicted octanol–water partition coefficient (Wildman–Crippen LogP) is 1.90. The summed E-state index contributed by atoms with van der Waals surface area (Å²) in [5, 5.41) is 0. The van der Waals surface area contributed by atoms with E-state index in [9.17, 15) is 0 Å². The molecule has 5 nitrogen and oxygen atoms in total. The fourth-order valence-electron chi connectivity index (χ4n) is 2.26. The summed E-state index contributed by atoms with van der Waals surface area (Å²) in [5.41, 5.74) is 4.89. The summed E-state index contributed by atoms with van der Waals surface area (Å²) in [7, 11) is 3.28. The lowest BCUT2D eigenvalue weighted by Gasteiger charge is -2.24. The third kappa shape index (κ3) is 3.00. The van der Waals surface area contributed by atoms with E-state index in [4.69, 9.17) is 20.1 Å². The summed E-state index contributed by atoms with van der Waals surface area (Å²) in [6, 6.07) is 5.54. The maximum atomic E-state index is 5.71. The number of hydrazine groups is 1. The standard InChI is InChI=1S/C14H20N2O3/c1-17-11-5-6-13(18-2)12(8-11)14(16-15)10-4-3-7-19-9-10/h5-6,8-9,14,16H,3-4,7,15H2,1-2H3. The number of hydrogen-bond acceptors (Lipinski definition) is 5. The van der Waals surface area contributed by atoms with Gasteiger partial charge in [0.2, 0.25) is 0 Å².